The molecule has 1 atom stereocenters. The summed E-state index contributed by atoms with van der Waals surface area (Å²) in [5, 5.41) is 0. The summed E-state index contributed by atoms with van der Waals surface area (Å²) >= 11 is 0. The molecule has 0 saturated heterocycles. The van der Waals surface area contributed by atoms with Crippen LogP contribution in [-0.2, 0) is 4.57 Å². The lowest BCUT2D eigenvalue weighted by Gasteiger charge is -2.19. The average molecular weight is 312 g/mol. The van der Waals surface area contributed by atoms with Gasteiger partial charge >= 0.3 is 0 Å². The van der Waals surface area contributed by atoms with E-state index in [4.69, 9.17) is 9.47 Å². The molecule has 1 rings (SSSR count). The molecule has 0 heterocycles. The summed E-state index contributed by atoms with van der Waals surface area (Å²) in [4.78, 5) is 12.9. The normalized spacial score (nSPS) is 13.5. The fourth-order valence-corrected chi connectivity index (χ4v) is 5.16. The number of carbonyl (C=O) groups excluding carboxylic acids is 1. The number of rotatable bonds is 9. The topological polar surface area (TPSA) is 52.6 Å². The van der Waals surface area contributed by atoms with Crippen LogP contribution < -0.4 is 9.47 Å². The molecular weight excluding hydrogens is 287 g/mol. The highest BCUT2D eigenvalue weighted by molar-refractivity contribution is 7.81. The van der Waals surface area contributed by atoms with E-state index in [0.29, 0.717) is 29.4 Å². The third-order valence-corrected chi connectivity index (χ3v) is 6.64. The molecule has 0 saturated carbocycles. The molecule has 0 aromatic heterocycles. The van der Waals surface area contributed by atoms with Crippen molar-refractivity contribution in [1.29, 1.82) is 0 Å². The van der Waals surface area contributed by atoms with Crippen LogP contribution in [0.1, 0.15) is 43.5 Å². The van der Waals surface area contributed by atoms with Gasteiger partial charge in [-0.25, -0.2) is 0 Å². The van der Waals surface area contributed by atoms with E-state index in [-0.39, 0.29) is 5.52 Å². The Hall–Kier alpha value is -1.28. The standard InChI is InChI=1S/C16H25O4P/c1-5-7-12-21(18,11-6-2)16(17)15-13(19-3)9-8-10-14(15)20-4/h8-10H,5-7,11-12H2,1-4H3. The average Bonchev–Trinajstić information content (AvgIpc) is 2.51. The number of ether oxygens (including phenoxy) is 2. The molecule has 0 aliphatic rings. The molecule has 21 heavy (non-hydrogen) atoms. The first kappa shape index (κ1) is 17.8. The fraction of sp³-hybridized carbons (Fsp3) is 0.562. The molecule has 4 nitrogen and oxygen atoms in total. The molecule has 1 aromatic rings. The van der Waals surface area contributed by atoms with Gasteiger partial charge in [-0.2, -0.15) is 0 Å². The van der Waals surface area contributed by atoms with E-state index < -0.39 is 7.14 Å². The van der Waals surface area contributed by atoms with Crippen LogP contribution in [0.3, 0.4) is 0 Å². The Kier molecular flexibility index (Phi) is 6.97. The molecular formula is C16H25O4P. The van der Waals surface area contributed by atoms with E-state index in [1.165, 1.54) is 14.2 Å². The predicted molar refractivity (Wildman–Crippen MR) is 86.4 cm³/mol. The largest absolute Gasteiger partial charge is 0.496 e. The Morgan fingerprint density at radius 2 is 1.62 bits per heavy atom. The number of hydrogen-bond acceptors (Lipinski definition) is 4. The third kappa shape index (κ3) is 4.10. The van der Waals surface area contributed by atoms with Crippen LogP contribution in [0.25, 0.3) is 0 Å². The Morgan fingerprint density at radius 1 is 1.05 bits per heavy atom. The van der Waals surface area contributed by atoms with Gasteiger partial charge in [0.2, 0.25) is 5.52 Å². The number of benzene rings is 1. The summed E-state index contributed by atoms with van der Waals surface area (Å²) in [6, 6.07) is 5.16. The first-order valence-electron chi connectivity index (χ1n) is 7.38. The monoisotopic (exact) mass is 312 g/mol. The Bertz CT molecular complexity index is 503. The van der Waals surface area contributed by atoms with Gasteiger partial charge in [0, 0.05) is 12.3 Å². The highest BCUT2D eigenvalue weighted by Gasteiger charge is 2.34. The van der Waals surface area contributed by atoms with Crippen molar-refractivity contribution >= 4 is 12.7 Å². The van der Waals surface area contributed by atoms with Crippen molar-refractivity contribution in [2.75, 3.05) is 26.5 Å². The fourth-order valence-electron chi connectivity index (χ4n) is 2.36. The number of hydrogen-bond donors (Lipinski definition) is 0. The van der Waals surface area contributed by atoms with Gasteiger partial charge in [0.25, 0.3) is 0 Å². The smallest absolute Gasteiger partial charge is 0.228 e. The Morgan fingerprint density at radius 3 is 2.05 bits per heavy atom. The summed E-state index contributed by atoms with van der Waals surface area (Å²) in [7, 11) is 0.0767. The van der Waals surface area contributed by atoms with Gasteiger partial charge in [-0.3, -0.25) is 4.79 Å². The van der Waals surface area contributed by atoms with Gasteiger partial charge < -0.3 is 14.0 Å². The van der Waals surface area contributed by atoms with Crippen molar-refractivity contribution in [1.82, 2.24) is 0 Å². The molecule has 0 N–H and O–H groups in total. The Labute approximate surface area is 127 Å². The predicted octanol–water partition coefficient (Wildman–Crippen LogP) is 4.42. The number of unbranched alkanes of at least 4 members (excludes halogenated alkanes) is 1. The first-order valence-corrected chi connectivity index (χ1v) is 9.45. The van der Waals surface area contributed by atoms with Crippen molar-refractivity contribution in [3.8, 4) is 11.5 Å². The molecule has 0 aliphatic heterocycles. The van der Waals surface area contributed by atoms with Crippen LogP contribution in [0, 0.1) is 0 Å². The van der Waals surface area contributed by atoms with Crippen LogP contribution >= 0.6 is 7.14 Å². The molecule has 118 valence electrons. The quantitative estimate of drug-likeness (QED) is 0.633. The van der Waals surface area contributed by atoms with E-state index in [2.05, 4.69) is 0 Å². The summed E-state index contributed by atoms with van der Waals surface area (Å²) in [5.41, 5.74) is 0.00230. The van der Waals surface area contributed by atoms with Gasteiger partial charge in [0.05, 0.1) is 14.2 Å². The maximum atomic E-state index is 13.1. The van der Waals surface area contributed by atoms with Gasteiger partial charge in [-0.15, -0.1) is 0 Å². The van der Waals surface area contributed by atoms with E-state index in [1.807, 2.05) is 13.8 Å². The zero-order chi connectivity index (χ0) is 15.9. The first-order chi connectivity index (χ1) is 10.0. The van der Waals surface area contributed by atoms with Crippen LogP contribution in [0.5, 0.6) is 11.5 Å². The summed E-state index contributed by atoms with van der Waals surface area (Å²) in [6.07, 6.45) is 3.33. The van der Waals surface area contributed by atoms with Crippen molar-refractivity contribution in [3.63, 3.8) is 0 Å². The van der Waals surface area contributed by atoms with Crippen molar-refractivity contribution in [2.24, 2.45) is 0 Å². The molecule has 5 heteroatoms. The molecule has 0 amide bonds. The molecule has 1 unspecified atom stereocenters. The maximum absolute atomic E-state index is 13.1. The van der Waals surface area contributed by atoms with Crippen molar-refractivity contribution < 1.29 is 18.8 Å². The van der Waals surface area contributed by atoms with Crippen LogP contribution in [-0.4, -0.2) is 32.1 Å². The Balaban J connectivity index is 3.29. The molecule has 1 aromatic carbocycles. The lowest BCUT2D eigenvalue weighted by atomic mass is 10.2. The van der Waals surface area contributed by atoms with Gasteiger partial charge in [-0.05, 0) is 25.0 Å². The van der Waals surface area contributed by atoms with Gasteiger partial charge in [-0.1, -0.05) is 26.3 Å². The number of carbonyl (C=O) groups is 1. The van der Waals surface area contributed by atoms with Crippen LogP contribution in [0.4, 0.5) is 0 Å². The van der Waals surface area contributed by atoms with E-state index in [9.17, 15) is 9.36 Å². The minimum atomic E-state index is -2.93. The zero-order valence-corrected chi connectivity index (χ0v) is 14.2. The lowest BCUT2D eigenvalue weighted by molar-refractivity contribution is 0.106. The second-order valence-corrected chi connectivity index (χ2v) is 8.11. The van der Waals surface area contributed by atoms with Crippen LogP contribution in [0.2, 0.25) is 0 Å². The van der Waals surface area contributed by atoms with Crippen molar-refractivity contribution in [2.45, 2.75) is 33.1 Å². The molecule has 0 spiro atoms. The highest BCUT2D eigenvalue weighted by Crippen LogP contribution is 2.53. The molecule has 0 bridgehead atoms. The van der Waals surface area contributed by atoms with Crippen LogP contribution in [0.15, 0.2) is 18.2 Å². The minimum absolute atomic E-state index is 0.313. The van der Waals surface area contributed by atoms with Gasteiger partial charge in [0.15, 0.2) is 7.14 Å². The third-order valence-electron chi connectivity index (χ3n) is 3.47. The molecule has 0 aliphatic carbocycles. The molecule has 0 radical (unpaired) electrons. The highest BCUT2D eigenvalue weighted by atomic mass is 31.2. The second-order valence-electron chi connectivity index (χ2n) is 5.03. The second kappa shape index (κ2) is 8.23. The maximum Gasteiger partial charge on any atom is 0.228 e. The van der Waals surface area contributed by atoms with E-state index in [1.54, 1.807) is 18.2 Å². The summed E-state index contributed by atoms with van der Waals surface area (Å²) in [6.45, 7) is 3.98. The molecule has 0 fully saturated rings. The summed E-state index contributed by atoms with van der Waals surface area (Å²) < 4.78 is 23.7. The minimum Gasteiger partial charge on any atom is -0.496 e. The lowest BCUT2D eigenvalue weighted by Crippen LogP contribution is -2.11. The van der Waals surface area contributed by atoms with E-state index >= 15 is 0 Å². The van der Waals surface area contributed by atoms with E-state index in [0.717, 1.165) is 19.3 Å². The van der Waals surface area contributed by atoms with Gasteiger partial charge in [0.1, 0.15) is 17.1 Å². The summed E-state index contributed by atoms with van der Waals surface area (Å²) in [5.74, 6) is 0.847. The zero-order valence-electron chi connectivity index (χ0n) is 13.3. The SMILES string of the molecule is CCCCP(=O)(CCC)C(=O)c1c(OC)cccc1OC. The number of methoxy groups -OCH3 is 2. The van der Waals surface area contributed by atoms with Crippen molar-refractivity contribution in [3.05, 3.63) is 23.8 Å².